The molecule has 18 heavy (non-hydrogen) atoms. The Balaban J connectivity index is 1.90. The van der Waals surface area contributed by atoms with E-state index in [0.29, 0.717) is 6.42 Å². The number of hydrogen-bond donors (Lipinski definition) is 2. The number of hydrogen-bond acceptors (Lipinski definition) is 4. The first kappa shape index (κ1) is 13.0. The zero-order chi connectivity index (χ0) is 13.3. The predicted molar refractivity (Wildman–Crippen MR) is 67.3 cm³/mol. The molecule has 1 aliphatic rings. The Bertz CT molecular complexity index is 472. The van der Waals surface area contributed by atoms with Crippen molar-refractivity contribution in [3.63, 3.8) is 0 Å². The Morgan fingerprint density at radius 3 is 2.83 bits per heavy atom. The second-order valence-electron chi connectivity index (χ2n) is 4.54. The van der Waals surface area contributed by atoms with Gasteiger partial charge in [0.2, 0.25) is 5.91 Å². The van der Waals surface area contributed by atoms with Gasteiger partial charge in [0.15, 0.2) is 0 Å². The molecule has 1 fully saturated rings. The normalized spacial score (nSPS) is 23.4. The summed E-state index contributed by atoms with van der Waals surface area (Å²) in [4.78, 5) is 27.9. The Hall–Kier alpha value is -1.43. The lowest BCUT2D eigenvalue weighted by molar-refractivity contribution is -0.140. The molecule has 1 unspecified atom stereocenters. The van der Waals surface area contributed by atoms with Crippen LogP contribution in [0.3, 0.4) is 0 Å². The maximum Gasteiger partial charge on any atom is 0.307 e. The largest absolute Gasteiger partial charge is 0.481 e. The van der Waals surface area contributed by atoms with Gasteiger partial charge in [-0.2, -0.15) is 0 Å². The van der Waals surface area contributed by atoms with Crippen LogP contribution in [0.15, 0.2) is 6.20 Å². The van der Waals surface area contributed by atoms with E-state index in [9.17, 15) is 9.59 Å². The molecule has 1 amide bonds. The summed E-state index contributed by atoms with van der Waals surface area (Å²) < 4.78 is 0. The van der Waals surface area contributed by atoms with Gasteiger partial charge in [0, 0.05) is 11.1 Å². The Kier molecular flexibility index (Phi) is 3.65. The summed E-state index contributed by atoms with van der Waals surface area (Å²) in [5.41, 5.74) is 0. The van der Waals surface area contributed by atoms with Crippen LogP contribution in [0.25, 0.3) is 0 Å². The van der Waals surface area contributed by atoms with Crippen molar-refractivity contribution in [3.05, 3.63) is 16.1 Å². The molecule has 3 atom stereocenters. The summed E-state index contributed by atoms with van der Waals surface area (Å²) in [6, 6.07) is -0.155. The molecule has 1 saturated carbocycles. The third-order valence-corrected chi connectivity index (χ3v) is 4.42. The lowest BCUT2D eigenvalue weighted by Gasteiger charge is -2.10. The van der Waals surface area contributed by atoms with Crippen LogP contribution >= 0.6 is 11.3 Å². The Morgan fingerprint density at radius 1 is 1.61 bits per heavy atom. The van der Waals surface area contributed by atoms with Gasteiger partial charge in [0.25, 0.3) is 0 Å². The van der Waals surface area contributed by atoms with Crippen molar-refractivity contribution in [3.8, 4) is 0 Å². The van der Waals surface area contributed by atoms with Gasteiger partial charge in [-0.3, -0.25) is 9.59 Å². The Labute approximate surface area is 109 Å². The average molecular weight is 268 g/mol. The molecule has 5 nitrogen and oxygen atoms in total. The van der Waals surface area contributed by atoms with Crippen molar-refractivity contribution in [2.45, 2.75) is 32.7 Å². The van der Waals surface area contributed by atoms with Crippen LogP contribution in [-0.4, -0.2) is 22.0 Å². The topological polar surface area (TPSA) is 79.3 Å². The van der Waals surface area contributed by atoms with Crippen molar-refractivity contribution in [2.75, 3.05) is 0 Å². The van der Waals surface area contributed by atoms with Gasteiger partial charge in [0.05, 0.1) is 17.9 Å². The highest BCUT2D eigenvalue weighted by Crippen LogP contribution is 2.39. The van der Waals surface area contributed by atoms with Crippen LogP contribution in [-0.2, 0) is 16.0 Å². The molecule has 0 spiro atoms. The van der Waals surface area contributed by atoms with Crippen LogP contribution < -0.4 is 5.32 Å². The number of thiazole rings is 1. The maximum atomic E-state index is 11.8. The van der Waals surface area contributed by atoms with Crippen molar-refractivity contribution in [1.29, 1.82) is 0 Å². The molecule has 0 aromatic carbocycles. The van der Waals surface area contributed by atoms with Gasteiger partial charge >= 0.3 is 5.97 Å². The van der Waals surface area contributed by atoms with E-state index in [2.05, 4.69) is 17.2 Å². The van der Waals surface area contributed by atoms with Crippen molar-refractivity contribution in [2.24, 2.45) is 11.8 Å². The van der Waals surface area contributed by atoms with Gasteiger partial charge in [-0.15, -0.1) is 11.3 Å². The van der Waals surface area contributed by atoms with Crippen molar-refractivity contribution < 1.29 is 14.7 Å². The minimum atomic E-state index is -0.884. The fourth-order valence-electron chi connectivity index (χ4n) is 1.83. The molecule has 6 heteroatoms. The third kappa shape index (κ3) is 2.69. The minimum Gasteiger partial charge on any atom is -0.481 e. The van der Waals surface area contributed by atoms with Crippen molar-refractivity contribution >= 4 is 23.2 Å². The number of aryl methyl sites for hydroxylation is 1. The van der Waals surface area contributed by atoms with Gasteiger partial charge in [-0.1, -0.05) is 6.92 Å². The Morgan fingerprint density at radius 2 is 2.33 bits per heavy atom. The number of carbonyl (C=O) groups excluding carboxylic acids is 1. The lowest BCUT2D eigenvalue weighted by Crippen LogP contribution is -2.29. The fourth-order valence-corrected chi connectivity index (χ4v) is 2.69. The van der Waals surface area contributed by atoms with E-state index in [1.165, 1.54) is 4.88 Å². The van der Waals surface area contributed by atoms with Crippen LogP contribution in [0.2, 0.25) is 0 Å². The highest BCUT2D eigenvalue weighted by Gasteiger charge is 2.48. The van der Waals surface area contributed by atoms with Crippen molar-refractivity contribution in [1.82, 2.24) is 10.3 Å². The number of carboxylic acid groups (broad SMARTS) is 1. The van der Waals surface area contributed by atoms with E-state index < -0.39 is 11.9 Å². The predicted octanol–water partition coefficient (Wildman–Crippen LogP) is 1.60. The van der Waals surface area contributed by atoms with E-state index in [1.807, 2.05) is 13.1 Å². The average Bonchev–Trinajstić information content (AvgIpc) is 3.00. The SMILES string of the molecule is CCc1cnc(C(C)NC(=O)[C@@H]2C[C@@H]2C(=O)O)s1. The van der Waals surface area contributed by atoms with E-state index in [0.717, 1.165) is 11.4 Å². The zero-order valence-electron chi connectivity index (χ0n) is 10.3. The number of aliphatic carboxylic acids is 1. The number of amides is 1. The molecule has 0 radical (unpaired) electrons. The molecular formula is C12H16N2O3S. The van der Waals surface area contributed by atoms with Crippen LogP contribution in [0.4, 0.5) is 0 Å². The zero-order valence-corrected chi connectivity index (χ0v) is 11.2. The highest BCUT2D eigenvalue weighted by molar-refractivity contribution is 7.11. The van der Waals surface area contributed by atoms with Crippen LogP contribution in [0.5, 0.6) is 0 Å². The van der Waals surface area contributed by atoms with Gasteiger partial charge < -0.3 is 10.4 Å². The highest BCUT2D eigenvalue weighted by atomic mass is 32.1. The quantitative estimate of drug-likeness (QED) is 0.850. The van der Waals surface area contributed by atoms with E-state index >= 15 is 0 Å². The van der Waals surface area contributed by atoms with E-state index in [1.54, 1.807) is 11.3 Å². The van der Waals surface area contributed by atoms with E-state index in [4.69, 9.17) is 5.11 Å². The molecule has 1 heterocycles. The number of rotatable bonds is 5. The smallest absolute Gasteiger partial charge is 0.307 e. The molecule has 0 bridgehead atoms. The molecule has 98 valence electrons. The van der Waals surface area contributed by atoms with E-state index in [-0.39, 0.29) is 17.9 Å². The molecule has 1 aromatic heterocycles. The first-order valence-electron chi connectivity index (χ1n) is 6.00. The third-order valence-electron chi connectivity index (χ3n) is 3.09. The second-order valence-corrected chi connectivity index (χ2v) is 5.68. The van der Waals surface area contributed by atoms with Crippen LogP contribution in [0, 0.1) is 11.8 Å². The lowest BCUT2D eigenvalue weighted by atomic mass is 10.2. The molecule has 0 saturated heterocycles. The molecule has 0 aliphatic heterocycles. The standard InChI is InChI=1S/C12H16N2O3S/c1-3-7-5-13-11(18-7)6(2)14-10(15)8-4-9(8)12(16)17/h5-6,8-9H,3-4H2,1-2H3,(H,14,15)(H,16,17)/t6?,8-,9+/m1/s1. The summed E-state index contributed by atoms with van der Waals surface area (Å²) >= 11 is 1.58. The number of nitrogens with zero attached hydrogens (tertiary/aromatic N) is 1. The number of nitrogens with one attached hydrogen (secondary N) is 1. The van der Waals surface area contributed by atoms with Gasteiger partial charge in [0.1, 0.15) is 5.01 Å². The molecular weight excluding hydrogens is 252 g/mol. The summed E-state index contributed by atoms with van der Waals surface area (Å²) in [6.45, 7) is 3.93. The van der Waals surface area contributed by atoms with Gasteiger partial charge in [-0.05, 0) is 19.8 Å². The summed E-state index contributed by atoms with van der Waals surface area (Å²) in [7, 11) is 0. The number of carbonyl (C=O) groups is 2. The van der Waals surface area contributed by atoms with Crippen LogP contribution in [0.1, 0.15) is 36.2 Å². The first-order chi connectivity index (χ1) is 8.52. The number of carboxylic acids is 1. The maximum absolute atomic E-state index is 11.8. The molecule has 2 rings (SSSR count). The second kappa shape index (κ2) is 5.06. The molecule has 1 aromatic rings. The monoisotopic (exact) mass is 268 g/mol. The first-order valence-corrected chi connectivity index (χ1v) is 6.82. The summed E-state index contributed by atoms with van der Waals surface area (Å²) in [5.74, 6) is -1.93. The van der Waals surface area contributed by atoms with Gasteiger partial charge in [-0.25, -0.2) is 4.98 Å². The summed E-state index contributed by atoms with van der Waals surface area (Å²) in [5, 5.41) is 12.5. The number of aromatic nitrogens is 1. The molecule has 2 N–H and O–H groups in total. The fraction of sp³-hybridized carbons (Fsp3) is 0.583. The summed E-state index contributed by atoms with van der Waals surface area (Å²) in [6.07, 6.45) is 3.20. The molecule has 1 aliphatic carbocycles. The minimum absolute atomic E-state index is 0.155.